The zero-order valence-electron chi connectivity index (χ0n) is 28.2. The van der Waals surface area contributed by atoms with Crippen LogP contribution in [0.3, 0.4) is 0 Å². The topological polar surface area (TPSA) is 50.8 Å². The lowest BCUT2D eigenvalue weighted by Gasteiger charge is -2.26. The van der Waals surface area contributed by atoms with Gasteiger partial charge < -0.3 is 4.90 Å². The summed E-state index contributed by atoms with van der Waals surface area (Å²) < 4.78 is 26.7. The van der Waals surface area contributed by atoms with Gasteiger partial charge in [0.2, 0.25) is 0 Å². The molecule has 0 atom stereocenters. The molecular weight excluding hydrogens is 515 g/mol. The molecule has 0 spiro atoms. The van der Waals surface area contributed by atoms with Gasteiger partial charge in [0.15, 0.2) is 0 Å². The Balaban J connectivity index is 5.28. The lowest BCUT2D eigenvalue weighted by atomic mass is 9.95. The summed E-state index contributed by atoms with van der Waals surface area (Å²) in [6, 6.07) is 0. The molecule has 0 amide bonds. The van der Waals surface area contributed by atoms with E-state index >= 15 is 0 Å². The molecule has 1 N–H and O–H groups in total. The van der Waals surface area contributed by atoms with Gasteiger partial charge in [0.1, 0.15) is 0 Å². The van der Waals surface area contributed by atoms with Gasteiger partial charge in [0, 0.05) is 13.1 Å². The Bertz CT molecular complexity index is 499. The third-order valence-electron chi connectivity index (χ3n) is 8.45. The second kappa shape index (κ2) is 29.2. The summed E-state index contributed by atoms with van der Waals surface area (Å²) in [5.74, 6) is 0.934. The molecule has 0 aromatic rings. The maximum atomic E-state index is 14.1. The Labute approximate surface area is 252 Å². The van der Waals surface area contributed by atoms with Crippen LogP contribution in [0.5, 0.6) is 0 Å². The molecule has 6 heteroatoms. The van der Waals surface area contributed by atoms with Crippen LogP contribution in [-0.4, -0.2) is 44.3 Å². The summed E-state index contributed by atoms with van der Waals surface area (Å²) in [4.78, 5) is 2.35. The average Bonchev–Trinajstić information content (AvgIpc) is 2.96. The molecule has 0 heterocycles. The highest BCUT2D eigenvalue weighted by Gasteiger charge is 2.27. The molecule has 0 fully saturated rings. The molecule has 0 aliphatic carbocycles. The first-order valence-electron chi connectivity index (χ1n) is 17.8. The van der Waals surface area contributed by atoms with Crippen LogP contribution in [0, 0.1) is 11.8 Å². The van der Waals surface area contributed by atoms with Gasteiger partial charge in [-0.2, -0.15) is 0 Å². The summed E-state index contributed by atoms with van der Waals surface area (Å²) in [5, 5.41) is 3.28. The van der Waals surface area contributed by atoms with Gasteiger partial charge in [-0.05, 0) is 50.6 Å². The quantitative estimate of drug-likeness (QED) is 0.0625. The fraction of sp³-hybridized carbons (Fsp3) is 1.00. The summed E-state index contributed by atoms with van der Waals surface area (Å²) in [6.07, 6.45) is 25.0. The minimum atomic E-state index is -3.36. The van der Waals surface area contributed by atoms with Crippen molar-refractivity contribution >= 4 is 7.75 Å². The van der Waals surface area contributed by atoms with E-state index in [0.29, 0.717) is 31.6 Å². The van der Waals surface area contributed by atoms with E-state index in [1.165, 1.54) is 128 Å². The molecular formula is C34H73N2O3P. The molecule has 0 saturated heterocycles. The van der Waals surface area contributed by atoms with E-state index in [1.807, 2.05) is 0 Å². The standard InChI is InChI=1S/C34H73N2O3P/c1-7-13-17-21-25-33(26-22-18-14-8-2)31-38-40(37,35-29-30-36(11-5)12-6)39-32-34(27-23-19-15-9-3)28-24-20-16-10-4/h33-34H,7-32H2,1-6H3,(H,35,37). The van der Waals surface area contributed by atoms with E-state index in [4.69, 9.17) is 9.05 Å². The van der Waals surface area contributed by atoms with Crippen LogP contribution in [0.25, 0.3) is 0 Å². The molecule has 0 aliphatic rings. The van der Waals surface area contributed by atoms with Crippen LogP contribution in [-0.2, 0) is 13.6 Å². The molecule has 0 saturated carbocycles. The highest BCUT2D eigenvalue weighted by Crippen LogP contribution is 2.45. The van der Waals surface area contributed by atoms with Crippen molar-refractivity contribution in [1.82, 2.24) is 9.99 Å². The van der Waals surface area contributed by atoms with Crippen LogP contribution in [0.2, 0.25) is 0 Å². The summed E-state index contributed by atoms with van der Waals surface area (Å²) in [7, 11) is -3.36. The fourth-order valence-electron chi connectivity index (χ4n) is 5.48. The van der Waals surface area contributed by atoms with E-state index in [-0.39, 0.29) is 0 Å². The third-order valence-corrected chi connectivity index (χ3v) is 10.0. The van der Waals surface area contributed by atoms with Gasteiger partial charge in [-0.1, -0.05) is 144 Å². The highest BCUT2D eigenvalue weighted by molar-refractivity contribution is 7.51. The second-order valence-electron chi connectivity index (χ2n) is 12.2. The predicted molar refractivity (Wildman–Crippen MR) is 177 cm³/mol. The number of rotatable bonds is 32. The average molecular weight is 589 g/mol. The van der Waals surface area contributed by atoms with Crippen LogP contribution in [0.1, 0.15) is 170 Å². The van der Waals surface area contributed by atoms with Crippen molar-refractivity contribution in [3.8, 4) is 0 Å². The van der Waals surface area contributed by atoms with Crippen molar-refractivity contribution in [2.24, 2.45) is 11.8 Å². The molecule has 0 radical (unpaired) electrons. The van der Waals surface area contributed by atoms with E-state index < -0.39 is 7.75 Å². The van der Waals surface area contributed by atoms with Crippen LogP contribution >= 0.6 is 7.75 Å². The maximum absolute atomic E-state index is 14.1. The summed E-state index contributed by atoms with van der Waals surface area (Å²) in [6.45, 7) is 18.0. The largest absolute Gasteiger partial charge is 0.405 e. The predicted octanol–water partition coefficient (Wildman–Crippen LogP) is 11.2. The van der Waals surface area contributed by atoms with Crippen LogP contribution < -0.4 is 5.09 Å². The van der Waals surface area contributed by atoms with Crippen molar-refractivity contribution in [3.05, 3.63) is 0 Å². The smallest absolute Gasteiger partial charge is 0.303 e. The number of likely N-dealkylation sites (N-methyl/N-ethyl adjacent to an activating group) is 1. The molecule has 5 nitrogen and oxygen atoms in total. The summed E-state index contributed by atoms with van der Waals surface area (Å²) in [5.41, 5.74) is 0. The monoisotopic (exact) mass is 589 g/mol. The minimum absolute atomic E-state index is 0.467. The number of nitrogens with one attached hydrogen (secondary N) is 1. The van der Waals surface area contributed by atoms with Crippen molar-refractivity contribution in [2.45, 2.75) is 170 Å². The molecule has 0 bridgehead atoms. The van der Waals surface area contributed by atoms with Gasteiger partial charge in [-0.25, -0.2) is 9.65 Å². The molecule has 0 aromatic heterocycles. The first kappa shape index (κ1) is 40.1. The Hall–Kier alpha value is 0.0700. The van der Waals surface area contributed by atoms with E-state index in [9.17, 15) is 4.57 Å². The molecule has 0 rings (SSSR count). The van der Waals surface area contributed by atoms with E-state index in [2.05, 4.69) is 51.5 Å². The fourth-order valence-corrected chi connectivity index (χ4v) is 6.93. The van der Waals surface area contributed by atoms with Crippen molar-refractivity contribution in [3.63, 3.8) is 0 Å². The van der Waals surface area contributed by atoms with Gasteiger partial charge in [-0.3, -0.25) is 9.05 Å². The molecule has 40 heavy (non-hydrogen) atoms. The summed E-state index contributed by atoms with van der Waals surface area (Å²) >= 11 is 0. The molecule has 0 unspecified atom stereocenters. The second-order valence-corrected chi connectivity index (χ2v) is 14.0. The Morgan fingerprint density at radius 1 is 0.550 bits per heavy atom. The van der Waals surface area contributed by atoms with E-state index in [1.54, 1.807) is 0 Å². The zero-order chi connectivity index (χ0) is 29.7. The third kappa shape index (κ3) is 23.6. The van der Waals surface area contributed by atoms with Crippen molar-refractivity contribution in [2.75, 3.05) is 39.4 Å². The Morgan fingerprint density at radius 3 is 1.20 bits per heavy atom. The molecule has 242 valence electrons. The lowest BCUT2D eigenvalue weighted by molar-refractivity contribution is 0.139. The number of hydrogen-bond donors (Lipinski definition) is 1. The SMILES string of the molecule is CCCCCCC(CCCCCC)COP(=O)(NCCN(CC)CC)OCC(CCCCCC)CCCCCC. The van der Waals surface area contributed by atoms with Crippen molar-refractivity contribution < 1.29 is 13.6 Å². The number of hydrogen-bond acceptors (Lipinski definition) is 4. The first-order chi connectivity index (χ1) is 19.5. The minimum Gasteiger partial charge on any atom is -0.303 e. The zero-order valence-corrected chi connectivity index (χ0v) is 29.1. The lowest BCUT2D eigenvalue weighted by Crippen LogP contribution is -2.32. The number of unbranched alkanes of at least 4 members (excludes halogenated alkanes) is 12. The van der Waals surface area contributed by atoms with Crippen molar-refractivity contribution in [1.29, 1.82) is 0 Å². The number of nitrogens with zero attached hydrogens (tertiary/aromatic N) is 1. The maximum Gasteiger partial charge on any atom is 0.405 e. The molecule has 0 aliphatic heterocycles. The Morgan fingerprint density at radius 2 is 0.900 bits per heavy atom. The van der Waals surface area contributed by atoms with E-state index in [0.717, 1.165) is 19.6 Å². The van der Waals surface area contributed by atoms with Crippen LogP contribution in [0.4, 0.5) is 0 Å². The van der Waals surface area contributed by atoms with Gasteiger partial charge >= 0.3 is 7.75 Å². The molecule has 0 aromatic carbocycles. The first-order valence-corrected chi connectivity index (χ1v) is 19.4. The van der Waals surface area contributed by atoms with Gasteiger partial charge in [0.05, 0.1) is 13.2 Å². The van der Waals surface area contributed by atoms with Gasteiger partial charge in [-0.15, -0.1) is 0 Å². The van der Waals surface area contributed by atoms with Crippen LogP contribution in [0.15, 0.2) is 0 Å². The van der Waals surface area contributed by atoms with Gasteiger partial charge in [0.25, 0.3) is 0 Å². The normalized spacial score (nSPS) is 12.4. The highest BCUT2D eigenvalue weighted by atomic mass is 31.2. The Kier molecular flexibility index (Phi) is 29.2.